The Labute approximate surface area is 84.8 Å². The van der Waals surface area contributed by atoms with Gasteiger partial charge < -0.3 is 10.1 Å². The predicted octanol–water partition coefficient (Wildman–Crippen LogP) is 2.31. The molecule has 0 unspecified atom stereocenters. The highest BCUT2D eigenvalue weighted by Crippen LogP contribution is 2.08. The maximum absolute atomic E-state index is 10.3. The van der Waals surface area contributed by atoms with Gasteiger partial charge >= 0.3 is 5.82 Å². The summed E-state index contributed by atoms with van der Waals surface area (Å²) in [5.41, 5.74) is 8.71. The second-order valence-corrected chi connectivity index (χ2v) is 2.52. The summed E-state index contributed by atoms with van der Waals surface area (Å²) in [4.78, 5) is 15.9. The van der Waals surface area contributed by atoms with Crippen LogP contribution in [0.1, 0.15) is 5.56 Å². The molecule has 7 heteroatoms. The zero-order chi connectivity index (χ0) is 11.1. The lowest BCUT2D eigenvalue weighted by Gasteiger charge is -1.91. The maximum Gasteiger partial charge on any atom is 0.363 e. The van der Waals surface area contributed by atoms with Gasteiger partial charge in [-0.3, -0.25) is 0 Å². The van der Waals surface area contributed by atoms with E-state index >= 15 is 0 Å². The molecule has 1 rings (SSSR count). The molecule has 0 aliphatic carbocycles. The van der Waals surface area contributed by atoms with E-state index in [4.69, 9.17) is 5.53 Å². The number of hydrogen-bond donors (Lipinski definition) is 0. The quantitative estimate of drug-likeness (QED) is 0.247. The molecule has 0 radical (unpaired) electrons. The van der Waals surface area contributed by atoms with Crippen molar-refractivity contribution in [2.75, 3.05) is 6.54 Å². The van der Waals surface area contributed by atoms with Gasteiger partial charge in [0, 0.05) is 23.1 Å². The Morgan fingerprint density at radius 1 is 1.67 bits per heavy atom. The molecule has 0 bridgehead atoms. The molecule has 76 valence electrons. The van der Waals surface area contributed by atoms with Crippen LogP contribution in [0.25, 0.3) is 16.5 Å². The molecule has 0 N–H and O–H groups in total. The molecule has 0 aliphatic heterocycles. The van der Waals surface area contributed by atoms with Gasteiger partial charge in [0.15, 0.2) is 0 Å². The number of aromatic nitrogens is 1. The smallest absolute Gasteiger partial charge is 0.358 e. The summed E-state index contributed by atoms with van der Waals surface area (Å²) < 4.78 is 0. The van der Waals surface area contributed by atoms with E-state index in [0.717, 1.165) is 0 Å². The lowest BCUT2D eigenvalue weighted by Crippen LogP contribution is -1.90. The van der Waals surface area contributed by atoms with Crippen LogP contribution in [0.15, 0.2) is 29.5 Å². The number of azide groups is 1. The van der Waals surface area contributed by atoms with Gasteiger partial charge in [-0.25, -0.2) is 0 Å². The summed E-state index contributed by atoms with van der Waals surface area (Å²) in [6.45, 7) is 0.244. The predicted molar refractivity (Wildman–Crippen MR) is 53.9 cm³/mol. The van der Waals surface area contributed by atoms with Crippen molar-refractivity contribution in [3.05, 3.63) is 50.5 Å². The first-order valence-corrected chi connectivity index (χ1v) is 4.02. The van der Waals surface area contributed by atoms with Crippen molar-refractivity contribution >= 4 is 11.9 Å². The van der Waals surface area contributed by atoms with Crippen LogP contribution < -0.4 is 0 Å². The van der Waals surface area contributed by atoms with Crippen LogP contribution in [-0.4, -0.2) is 16.5 Å². The Morgan fingerprint density at radius 3 is 3.00 bits per heavy atom. The number of rotatable bonds is 4. The van der Waals surface area contributed by atoms with E-state index < -0.39 is 4.92 Å². The summed E-state index contributed by atoms with van der Waals surface area (Å²) in [7, 11) is 0. The van der Waals surface area contributed by atoms with Gasteiger partial charge in [-0.05, 0) is 21.5 Å². The Hall–Kier alpha value is -2.40. The molecule has 0 saturated heterocycles. The molecule has 7 nitrogen and oxygen atoms in total. The molecule has 0 spiro atoms. The average molecular weight is 205 g/mol. The van der Waals surface area contributed by atoms with E-state index in [9.17, 15) is 10.1 Å². The monoisotopic (exact) mass is 205 g/mol. The summed E-state index contributed by atoms with van der Waals surface area (Å²) in [5.74, 6) is -0.192. The highest BCUT2D eigenvalue weighted by Gasteiger charge is 2.03. The number of nitrogens with zero attached hydrogens (tertiary/aromatic N) is 5. The van der Waals surface area contributed by atoms with Crippen molar-refractivity contribution in [3.8, 4) is 0 Å². The first-order chi connectivity index (χ1) is 7.24. The molecular weight excluding hydrogens is 198 g/mol. The normalized spacial score (nSPS) is 9.87. The molecule has 1 aromatic heterocycles. The molecular formula is C8H7N5O2. The van der Waals surface area contributed by atoms with E-state index in [1.165, 1.54) is 12.3 Å². The third kappa shape index (κ3) is 3.45. The fraction of sp³-hybridized carbons (Fsp3) is 0.125. The van der Waals surface area contributed by atoms with E-state index in [0.29, 0.717) is 5.56 Å². The summed E-state index contributed by atoms with van der Waals surface area (Å²) in [5, 5.41) is 13.6. The van der Waals surface area contributed by atoms with Crippen LogP contribution >= 0.6 is 0 Å². The Balaban J connectivity index is 2.68. The topological polar surface area (TPSA) is 105 Å². The average Bonchev–Trinajstić information content (AvgIpc) is 2.25. The molecule has 0 atom stereocenters. The van der Waals surface area contributed by atoms with Crippen LogP contribution in [-0.2, 0) is 0 Å². The Bertz CT molecular complexity index is 419. The number of hydrogen-bond acceptors (Lipinski definition) is 4. The van der Waals surface area contributed by atoms with Crippen molar-refractivity contribution in [1.82, 2.24) is 4.98 Å². The highest BCUT2D eigenvalue weighted by molar-refractivity contribution is 5.49. The van der Waals surface area contributed by atoms with Gasteiger partial charge in [0.25, 0.3) is 0 Å². The van der Waals surface area contributed by atoms with Gasteiger partial charge in [0.05, 0.1) is 0 Å². The van der Waals surface area contributed by atoms with Crippen LogP contribution in [0, 0.1) is 10.1 Å². The third-order valence-electron chi connectivity index (χ3n) is 1.52. The Kier molecular flexibility index (Phi) is 3.81. The molecule has 0 aliphatic rings. The minimum Gasteiger partial charge on any atom is -0.358 e. The molecule has 1 aromatic rings. The Morgan fingerprint density at radius 2 is 2.47 bits per heavy atom. The van der Waals surface area contributed by atoms with Crippen molar-refractivity contribution in [3.63, 3.8) is 0 Å². The van der Waals surface area contributed by atoms with Gasteiger partial charge in [-0.1, -0.05) is 17.3 Å². The molecule has 1 heterocycles. The minimum absolute atomic E-state index is 0.192. The van der Waals surface area contributed by atoms with Crippen molar-refractivity contribution in [2.45, 2.75) is 0 Å². The van der Waals surface area contributed by atoms with E-state index in [2.05, 4.69) is 15.0 Å². The number of pyridine rings is 1. The largest absolute Gasteiger partial charge is 0.363 e. The lowest BCUT2D eigenvalue weighted by atomic mass is 10.2. The SMILES string of the molecule is [N-]=[N+]=NCC=Cc1ccc([N+](=O)[O-])nc1. The summed E-state index contributed by atoms with van der Waals surface area (Å²) in [6.07, 6.45) is 4.69. The van der Waals surface area contributed by atoms with Crippen molar-refractivity contribution in [2.24, 2.45) is 5.11 Å². The fourth-order valence-electron chi connectivity index (χ4n) is 0.877. The third-order valence-corrected chi connectivity index (χ3v) is 1.52. The summed E-state index contributed by atoms with van der Waals surface area (Å²) >= 11 is 0. The zero-order valence-electron chi connectivity index (χ0n) is 7.65. The molecule has 0 amide bonds. The molecule has 0 aromatic carbocycles. The second kappa shape index (κ2) is 5.36. The van der Waals surface area contributed by atoms with Gasteiger partial charge in [-0.15, -0.1) is 0 Å². The number of nitro groups is 1. The molecule has 0 fully saturated rings. The van der Waals surface area contributed by atoms with Crippen LogP contribution in [0.3, 0.4) is 0 Å². The van der Waals surface area contributed by atoms with Gasteiger partial charge in [0.1, 0.15) is 6.20 Å². The second-order valence-electron chi connectivity index (χ2n) is 2.52. The minimum atomic E-state index is -0.562. The van der Waals surface area contributed by atoms with Crippen LogP contribution in [0.2, 0.25) is 0 Å². The zero-order valence-corrected chi connectivity index (χ0v) is 7.65. The standard InChI is InChI=1S/C8H7N5O2/c9-12-11-5-1-2-7-3-4-8(10-6-7)13(14)15/h1-4,6H,5H2. The molecule has 0 saturated carbocycles. The first-order valence-electron chi connectivity index (χ1n) is 4.02. The van der Waals surface area contributed by atoms with E-state index in [-0.39, 0.29) is 12.4 Å². The summed E-state index contributed by atoms with van der Waals surface area (Å²) in [6, 6.07) is 2.88. The first kappa shape index (κ1) is 10.7. The van der Waals surface area contributed by atoms with E-state index in [1.807, 2.05) is 0 Å². The lowest BCUT2D eigenvalue weighted by molar-refractivity contribution is -0.389. The van der Waals surface area contributed by atoms with Gasteiger partial charge in [0.2, 0.25) is 0 Å². The van der Waals surface area contributed by atoms with Crippen molar-refractivity contribution < 1.29 is 4.92 Å². The highest BCUT2D eigenvalue weighted by atomic mass is 16.6. The molecule has 15 heavy (non-hydrogen) atoms. The van der Waals surface area contributed by atoms with Crippen LogP contribution in [0.4, 0.5) is 5.82 Å². The van der Waals surface area contributed by atoms with Crippen molar-refractivity contribution in [1.29, 1.82) is 0 Å². The maximum atomic E-state index is 10.3. The van der Waals surface area contributed by atoms with E-state index in [1.54, 1.807) is 18.2 Å². The fourth-order valence-corrected chi connectivity index (χ4v) is 0.877. The van der Waals surface area contributed by atoms with Gasteiger partial charge in [-0.2, -0.15) is 0 Å². The van der Waals surface area contributed by atoms with Crippen LogP contribution in [0.5, 0.6) is 0 Å².